The number of para-hydroxylation sites is 2. The Balaban J connectivity index is 1.38. The number of amides is 1. The van der Waals surface area contributed by atoms with Gasteiger partial charge in [-0.2, -0.15) is 0 Å². The zero-order valence-corrected chi connectivity index (χ0v) is 12.8. The van der Waals surface area contributed by atoms with Crippen LogP contribution in [-0.4, -0.2) is 23.4 Å². The van der Waals surface area contributed by atoms with E-state index in [1.54, 1.807) is 18.2 Å². The minimum atomic E-state index is -0.142. The number of rotatable bonds is 4. The van der Waals surface area contributed by atoms with E-state index in [1.165, 1.54) is 11.8 Å². The van der Waals surface area contributed by atoms with Crippen molar-refractivity contribution in [2.45, 2.75) is 5.22 Å². The Morgan fingerprint density at radius 3 is 2.96 bits per heavy atom. The molecule has 1 aliphatic heterocycles. The van der Waals surface area contributed by atoms with Gasteiger partial charge in [0.25, 0.3) is 5.22 Å². The van der Waals surface area contributed by atoms with Crippen LogP contribution in [0.25, 0.3) is 11.1 Å². The second-order valence-electron chi connectivity index (χ2n) is 4.85. The van der Waals surface area contributed by atoms with Gasteiger partial charge in [0.05, 0.1) is 5.75 Å². The molecule has 1 aliphatic rings. The zero-order valence-electron chi connectivity index (χ0n) is 11.9. The molecule has 0 fully saturated rings. The molecule has 1 N–H and O–H groups in total. The first kappa shape index (κ1) is 14.0. The molecule has 0 saturated heterocycles. The van der Waals surface area contributed by atoms with Gasteiger partial charge in [-0.05, 0) is 24.3 Å². The number of fused-ring (bicyclic) bond motifs is 2. The lowest BCUT2D eigenvalue weighted by atomic mass is 10.3. The molecule has 0 saturated carbocycles. The standard InChI is InChI=1S/C16H12N2O4S/c19-15(17-10-5-6-13-14(7-10)21-9-20-13)8-23-16-18-11-3-1-2-4-12(11)22-16/h1-7H,8-9H2,(H,17,19). The second-order valence-corrected chi connectivity index (χ2v) is 5.78. The van der Waals surface area contributed by atoms with Crippen LogP contribution in [-0.2, 0) is 4.79 Å². The van der Waals surface area contributed by atoms with Crippen LogP contribution in [0.15, 0.2) is 52.1 Å². The van der Waals surface area contributed by atoms with E-state index < -0.39 is 0 Å². The van der Waals surface area contributed by atoms with E-state index in [0.29, 0.717) is 28.0 Å². The number of ether oxygens (including phenoxy) is 2. The van der Waals surface area contributed by atoms with Crippen molar-refractivity contribution in [3.63, 3.8) is 0 Å². The minimum absolute atomic E-state index is 0.142. The van der Waals surface area contributed by atoms with Crippen molar-refractivity contribution in [1.82, 2.24) is 4.98 Å². The van der Waals surface area contributed by atoms with Crippen LogP contribution in [0.3, 0.4) is 0 Å². The highest BCUT2D eigenvalue weighted by Crippen LogP contribution is 2.34. The molecule has 4 rings (SSSR count). The number of aromatic nitrogens is 1. The van der Waals surface area contributed by atoms with Crippen LogP contribution >= 0.6 is 11.8 Å². The van der Waals surface area contributed by atoms with Crippen LogP contribution in [0.2, 0.25) is 0 Å². The SMILES string of the molecule is O=C(CSc1nc2ccccc2o1)Nc1ccc2c(c1)OCO2. The molecule has 2 heterocycles. The summed E-state index contributed by atoms with van der Waals surface area (Å²) < 4.78 is 16.1. The Hall–Kier alpha value is -2.67. The summed E-state index contributed by atoms with van der Waals surface area (Å²) in [5.74, 6) is 1.38. The number of benzene rings is 2. The number of nitrogens with zero attached hydrogens (tertiary/aromatic N) is 1. The van der Waals surface area contributed by atoms with E-state index in [-0.39, 0.29) is 18.5 Å². The number of carbonyl (C=O) groups excluding carboxylic acids is 1. The monoisotopic (exact) mass is 328 g/mol. The average molecular weight is 328 g/mol. The quantitative estimate of drug-likeness (QED) is 0.741. The van der Waals surface area contributed by atoms with Crippen LogP contribution in [0.4, 0.5) is 5.69 Å². The molecule has 3 aromatic rings. The van der Waals surface area contributed by atoms with Gasteiger partial charge in [0.1, 0.15) is 5.52 Å². The lowest BCUT2D eigenvalue weighted by molar-refractivity contribution is -0.113. The lowest BCUT2D eigenvalue weighted by Crippen LogP contribution is -2.13. The van der Waals surface area contributed by atoms with Gasteiger partial charge in [0, 0.05) is 11.8 Å². The third kappa shape index (κ3) is 2.95. The zero-order chi connectivity index (χ0) is 15.6. The van der Waals surface area contributed by atoms with Crippen LogP contribution < -0.4 is 14.8 Å². The molecule has 0 spiro atoms. The maximum atomic E-state index is 12.0. The van der Waals surface area contributed by atoms with Crippen LogP contribution in [0.1, 0.15) is 0 Å². The Kier molecular flexibility index (Phi) is 3.55. The van der Waals surface area contributed by atoms with Crippen molar-refractivity contribution in [3.8, 4) is 11.5 Å². The normalized spacial score (nSPS) is 12.5. The molecule has 0 unspecified atom stereocenters. The van der Waals surface area contributed by atoms with Crippen LogP contribution in [0.5, 0.6) is 11.5 Å². The smallest absolute Gasteiger partial charge is 0.257 e. The summed E-state index contributed by atoms with van der Waals surface area (Å²) in [5.41, 5.74) is 2.16. The van der Waals surface area contributed by atoms with Crippen molar-refractivity contribution < 1.29 is 18.7 Å². The van der Waals surface area contributed by atoms with Crippen molar-refractivity contribution in [2.75, 3.05) is 17.9 Å². The van der Waals surface area contributed by atoms with Gasteiger partial charge in [0.2, 0.25) is 12.7 Å². The molecular formula is C16H12N2O4S. The van der Waals surface area contributed by atoms with Gasteiger partial charge in [0.15, 0.2) is 17.1 Å². The predicted octanol–water partition coefficient (Wildman–Crippen LogP) is 3.29. The van der Waals surface area contributed by atoms with Gasteiger partial charge in [-0.25, -0.2) is 4.98 Å². The van der Waals surface area contributed by atoms with Crippen molar-refractivity contribution >= 4 is 34.5 Å². The summed E-state index contributed by atoms with van der Waals surface area (Å²) in [6, 6.07) is 12.8. The summed E-state index contributed by atoms with van der Waals surface area (Å²) in [5, 5.41) is 3.29. The molecule has 0 atom stereocenters. The largest absolute Gasteiger partial charge is 0.454 e. The van der Waals surface area contributed by atoms with Crippen molar-refractivity contribution in [2.24, 2.45) is 0 Å². The first-order chi connectivity index (χ1) is 11.3. The molecular weight excluding hydrogens is 316 g/mol. The minimum Gasteiger partial charge on any atom is -0.454 e. The van der Waals surface area contributed by atoms with Gasteiger partial charge < -0.3 is 19.2 Å². The Morgan fingerprint density at radius 1 is 1.17 bits per heavy atom. The molecule has 0 aliphatic carbocycles. The fraction of sp³-hybridized carbons (Fsp3) is 0.125. The molecule has 0 radical (unpaired) electrons. The molecule has 2 aromatic carbocycles. The number of thioether (sulfide) groups is 1. The van der Waals surface area contributed by atoms with E-state index >= 15 is 0 Å². The van der Waals surface area contributed by atoms with E-state index in [4.69, 9.17) is 13.9 Å². The van der Waals surface area contributed by atoms with E-state index in [9.17, 15) is 4.79 Å². The summed E-state index contributed by atoms with van der Waals surface area (Å²) in [6.07, 6.45) is 0. The molecule has 6 nitrogen and oxygen atoms in total. The van der Waals surface area contributed by atoms with Gasteiger partial charge in [-0.15, -0.1) is 0 Å². The highest BCUT2D eigenvalue weighted by Gasteiger charge is 2.14. The topological polar surface area (TPSA) is 73.6 Å². The van der Waals surface area contributed by atoms with E-state index in [2.05, 4.69) is 10.3 Å². The highest BCUT2D eigenvalue weighted by atomic mass is 32.2. The fourth-order valence-electron chi connectivity index (χ4n) is 2.21. The number of anilines is 1. The number of hydrogen-bond donors (Lipinski definition) is 1. The van der Waals surface area contributed by atoms with Crippen molar-refractivity contribution in [1.29, 1.82) is 0 Å². The molecule has 1 aromatic heterocycles. The maximum Gasteiger partial charge on any atom is 0.257 e. The Morgan fingerprint density at radius 2 is 2.04 bits per heavy atom. The first-order valence-electron chi connectivity index (χ1n) is 6.96. The fourth-order valence-corrected chi connectivity index (χ4v) is 2.85. The molecule has 1 amide bonds. The number of carbonyl (C=O) groups is 1. The summed E-state index contributed by atoms with van der Waals surface area (Å²) >= 11 is 1.25. The third-order valence-corrected chi connectivity index (χ3v) is 4.09. The first-order valence-corrected chi connectivity index (χ1v) is 7.94. The van der Waals surface area contributed by atoms with Crippen molar-refractivity contribution in [3.05, 3.63) is 42.5 Å². The second kappa shape index (κ2) is 5.85. The Bertz CT molecular complexity index is 844. The number of nitrogens with one attached hydrogen (secondary N) is 1. The average Bonchev–Trinajstić information content (AvgIpc) is 3.18. The summed E-state index contributed by atoms with van der Waals surface area (Å²) in [4.78, 5) is 16.3. The van der Waals surface area contributed by atoms with E-state index in [1.807, 2.05) is 24.3 Å². The van der Waals surface area contributed by atoms with E-state index in [0.717, 1.165) is 5.52 Å². The molecule has 7 heteroatoms. The molecule has 0 bridgehead atoms. The summed E-state index contributed by atoms with van der Waals surface area (Å²) in [7, 11) is 0. The molecule has 116 valence electrons. The lowest BCUT2D eigenvalue weighted by Gasteiger charge is -2.05. The third-order valence-electron chi connectivity index (χ3n) is 3.26. The number of hydrogen-bond acceptors (Lipinski definition) is 6. The van der Waals surface area contributed by atoms with Crippen LogP contribution in [0, 0.1) is 0 Å². The predicted molar refractivity (Wildman–Crippen MR) is 85.9 cm³/mol. The highest BCUT2D eigenvalue weighted by molar-refractivity contribution is 7.99. The Labute approximate surface area is 135 Å². The summed E-state index contributed by atoms with van der Waals surface area (Å²) in [6.45, 7) is 0.209. The van der Waals surface area contributed by atoms with Gasteiger partial charge in [-0.3, -0.25) is 4.79 Å². The maximum absolute atomic E-state index is 12.0. The number of oxazole rings is 1. The molecule has 23 heavy (non-hydrogen) atoms. The van der Waals surface area contributed by atoms with Gasteiger partial charge in [-0.1, -0.05) is 23.9 Å². The van der Waals surface area contributed by atoms with Gasteiger partial charge >= 0.3 is 0 Å².